The summed E-state index contributed by atoms with van der Waals surface area (Å²) in [6, 6.07) is 0. The molecule has 2 unspecified atom stereocenters. The number of hydrogen-bond acceptors (Lipinski definition) is 4. The summed E-state index contributed by atoms with van der Waals surface area (Å²) < 4.78 is 27.2. The molecule has 21 heavy (non-hydrogen) atoms. The molecule has 0 bridgehead atoms. The SMILES string of the molecule is Cc1n[nH]c(C)c1S(=O)(=O)N1CCC2(O)CCCCC2C1. The van der Waals surface area contributed by atoms with Gasteiger partial charge in [0.15, 0.2) is 0 Å². The summed E-state index contributed by atoms with van der Waals surface area (Å²) in [6.07, 6.45) is 4.36. The van der Waals surface area contributed by atoms with Crippen LogP contribution < -0.4 is 0 Å². The van der Waals surface area contributed by atoms with Crippen molar-refractivity contribution in [3.63, 3.8) is 0 Å². The number of H-pyrrole nitrogens is 1. The summed E-state index contributed by atoms with van der Waals surface area (Å²) in [5, 5.41) is 17.4. The van der Waals surface area contributed by atoms with E-state index in [0.717, 1.165) is 25.7 Å². The Kier molecular flexibility index (Phi) is 3.62. The standard InChI is InChI=1S/C14H23N3O3S/c1-10-13(11(2)16-15-10)21(19,20)17-8-7-14(18)6-4-3-5-12(14)9-17/h12,18H,3-9H2,1-2H3,(H,15,16). The van der Waals surface area contributed by atoms with E-state index in [9.17, 15) is 13.5 Å². The van der Waals surface area contributed by atoms with Gasteiger partial charge in [0.1, 0.15) is 4.90 Å². The van der Waals surface area contributed by atoms with Crippen LogP contribution in [0.25, 0.3) is 0 Å². The van der Waals surface area contributed by atoms with Crippen LogP contribution in [0.1, 0.15) is 43.5 Å². The quantitative estimate of drug-likeness (QED) is 0.863. The van der Waals surface area contributed by atoms with Crippen molar-refractivity contribution in [2.24, 2.45) is 5.92 Å². The minimum absolute atomic E-state index is 0.0577. The zero-order valence-corrected chi connectivity index (χ0v) is 13.4. The molecule has 1 aromatic heterocycles. The number of aromatic amines is 1. The molecule has 1 saturated heterocycles. The second-order valence-electron chi connectivity index (χ2n) is 6.42. The maximum atomic E-state index is 12.9. The molecule has 0 aromatic carbocycles. The van der Waals surface area contributed by atoms with Crippen molar-refractivity contribution in [3.05, 3.63) is 11.4 Å². The van der Waals surface area contributed by atoms with E-state index in [1.165, 1.54) is 4.31 Å². The van der Waals surface area contributed by atoms with Crippen LogP contribution in [0.3, 0.4) is 0 Å². The highest BCUT2D eigenvalue weighted by Gasteiger charge is 2.46. The number of fused-ring (bicyclic) bond motifs is 1. The minimum atomic E-state index is -3.53. The van der Waals surface area contributed by atoms with Crippen molar-refractivity contribution >= 4 is 10.0 Å². The molecule has 118 valence electrons. The number of aryl methyl sites for hydroxylation is 2. The molecule has 1 aliphatic carbocycles. The number of nitrogens with zero attached hydrogens (tertiary/aromatic N) is 2. The Bertz CT molecular complexity index is 620. The summed E-state index contributed by atoms with van der Waals surface area (Å²) in [6.45, 7) is 4.24. The van der Waals surface area contributed by atoms with Crippen LogP contribution in [0.2, 0.25) is 0 Å². The molecule has 0 radical (unpaired) electrons. The van der Waals surface area contributed by atoms with E-state index in [0.29, 0.717) is 35.8 Å². The third kappa shape index (κ3) is 2.41. The summed E-state index contributed by atoms with van der Waals surface area (Å²) in [4.78, 5) is 0.295. The van der Waals surface area contributed by atoms with Crippen molar-refractivity contribution in [2.75, 3.05) is 13.1 Å². The van der Waals surface area contributed by atoms with Crippen LogP contribution in [0.4, 0.5) is 0 Å². The fourth-order valence-electron chi connectivity index (χ4n) is 3.81. The number of nitrogens with one attached hydrogen (secondary N) is 1. The van der Waals surface area contributed by atoms with Gasteiger partial charge in [0.05, 0.1) is 17.0 Å². The molecule has 2 atom stereocenters. The highest BCUT2D eigenvalue weighted by atomic mass is 32.2. The fourth-order valence-corrected chi connectivity index (χ4v) is 5.63. The first-order valence-electron chi connectivity index (χ1n) is 7.59. The highest BCUT2D eigenvalue weighted by Crippen LogP contribution is 2.41. The van der Waals surface area contributed by atoms with E-state index in [2.05, 4.69) is 10.2 Å². The lowest BCUT2D eigenvalue weighted by Gasteiger charge is -2.46. The minimum Gasteiger partial charge on any atom is -0.390 e. The van der Waals surface area contributed by atoms with Gasteiger partial charge in [-0.05, 0) is 33.1 Å². The Balaban J connectivity index is 1.88. The van der Waals surface area contributed by atoms with Crippen molar-refractivity contribution in [1.82, 2.24) is 14.5 Å². The number of rotatable bonds is 2. The predicted molar refractivity (Wildman–Crippen MR) is 78.3 cm³/mol. The monoisotopic (exact) mass is 313 g/mol. The topological polar surface area (TPSA) is 86.3 Å². The second-order valence-corrected chi connectivity index (χ2v) is 8.30. The van der Waals surface area contributed by atoms with Crippen LogP contribution >= 0.6 is 0 Å². The summed E-state index contributed by atoms with van der Waals surface area (Å²) in [7, 11) is -3.53. The van der Waals surface area contributed by atoms with Crippen molar-refractivity contribution in [1.29, 1.82) is 0 Å². The maximum absolute atomic E-state index is 12.9. The van der Waals surface area contributed by atoms with Gasteiger partial charge in [-0.1, -0.05) is 12.8 Å². The predicted octanol–water partition coefficient (Wildman–Crippen LogP) is 1.34. The van der Waals surface area contributed by atoms with Gasteiger partial charge in [-0.25, -0.2) is 8.42 Å². The molecule has 2 heterocycles. The number of sulfonamides is 1. The molecular weight excluding hydrogens is 290 g/mol. The molecule has 1 aromatic rings. The van der Waals surface area contributed by atoms with Gasteiger partial charge in [0.25, 0.3) is 0 Å². The number of hydrogen-bond donors (Lipinski definition) is 2. The average Bonchev–Trinajstić information content (AvgIpc) is 2.77. The van der Waals surface area contributed by atoms with Crippen LogP contribution in [0.5, 0.6) is 0 Å². The number of piperidine rings is 1. The third-order valence-corrected chi connectivity index (χ3v) is 7.18. The molecule has 1 aliphatic heterocycles. The normalized spacial score (nSPS) is 31.1. The molecule has 2 fully saturated rings. The first-order valence-corrected chi connectivity index (χ1v) is 9.03. The van der Waals surface area contributed by atoms with Gasteiger partial charge < -0.3 is 5.11 Å². The van der Waals surface area contributed by atoms with Gasteiger partial charge in [0.2, 0.25) is 10.0 Å². The maximum Gasteiger partial charge on any atom is 0.246 e. The van der Waals surface area contributed by atoms with Crippen LogP contribution in [0, 0.1) is 19.8 Å². The molecule has 3 rings (SSSR count). The largest absolute Gasteiger partial charge is 0.390 e. The second kappa shape index (κ2) is 5.07. The van der Waals surface area contributed by atoms with E-state index >= 15 is 0 Å². The fraction of sp³-hybridized carbons (Fsp3) is 0.786. The molecule has 0 spiro atoms. The van der Waals surface area contributed by atoms with E-state index in [4.69, 9.17) is 0 Å². The van der Waals surface area contributed by atoms with Crippen molar-refractivity contribution in [3.8, 4) is 0 Å². The third-order valence-electron chi connectivity index (χ3n) is 5.05. The van der Waals surface area contributed by atoms with Crippen LogP contribution in [-0.4, -0.2) is 46.7 Å². The molecule has 6 nitrogen and oxygen atoms in total. The average molecular weight is 313 g/mol. The highest BCUT2D eigenvalue weighted by molar-refractivity contribution is 7.89. The van der Waals surface area contributed by atoms with Gasteiger partial charge in [0, 0.05) is 19.0 Å². The van der Waals surface area contributed by atoms with Crippen molar-refractivity contribution < 1.29 is 13.5 Å². The van der Waals surface area contributed by atoms with Gasteiger partial charge >= 0.3 is 0 Å². The summed E-state index contributed by atoms with van der Waals surface area (Å²) >= 11 is 0. The molecular formula is C14H23N3O3S. The lowest BCUT2D eigenvalue weighted by atomic mass is 9.72. The smallest absolute Gasteiger partial charge is 0.246 e. The Morgan fingerprint density at radius 2 is 2.10 bits per heavy atom. The van der Waals surface area contributed by atoms with Gasteiger partial charge in [-0.3, -0.25) is 5.10 Å². The zero-order chi connectivity index (χ0) is 15.3. The lowest BCUT2D eigenvalue weighted by Crippen LogP contribution is -2.54. The molecule has 0 amide bonds. The first kappa shape index (κ1) is 15.0. The molecule has 1 saturated carbocycles. The first-order chi connectivity index (χ1) is 9.84. The summed E-state index contributed by atoms with van der Waals surface area (Å²) in [5.41, 5.74) is 0.430. The van der Waals surface area contributed by atoms with Gasteiger partial charge in [-0.15, -0.1) is 0 Å². The Morgan fingerprint density at radius 1 is 1.33 bits per heavy atom. The number of aliphatic hydroxyl groups is 1. The van der Waals surface area contributed by atoms with E-state index in [1.54, 1.807) is 13.8 Å². The van der Waals surface area contributed by atoms with Gasteiger partial charge in [-0.2, -0.15) is 9.40 Å². The molecule has 2 N–H and O–H groups in total. The van der Waals surface area contributed by atoms with Crippen LogP contribution in [0.15, 0.2) is 4.90 Å². The van der Waals surface area contributed by atoms with E-state index in [1.807, 2.05) is 0 Å². The van der Waals surface area contributed by atoms with E-state index < -0.39 is 15.6 Å². The van der Waals surface area contributed by atoms with E-state index in [-0.39, 0.29) is 5.92 Å². The molecule has 7 heteroatoms. The Hall–Kier alpha value is -0.920. The Labute approximate surface area is 125 Å². The number of aromatic nitrogens is 2. The van der Waals surface area contributed by atoms with Crippen molar-refractivity contribution in [2.45, 2.75) is 56.4 Å². The summed E-state index contributed by atoms with van der Waals surface area (Å²) in [5.74, 6) is 0.0577. The lowest BCUT2D eigenvalue weighted by molar-refractivity contribution is -0.0816. The molecule has 2 aliphatic rings. The Morgan fingerprint density at radius 3 is 2.76 bits per heavy atom. The zero-order valence-electron chi connectivity index (χ0n) is 12.6. The van der Waals surface area contributed by atoms with Crippen LogP contribution in [-0.2, 0) is 10.0 Å².